The van der Waals surface area contributed by atoms with Gasteiger partial charge in [-0.05, 0) is 23.6 Å². The van der Waals surface area contributed by atoms with Crippen molar-refractivity contribution >= 4 is 17.6 Å². The maximum absolute atomic E-state index is 12.7. The number of benzene rings is 2. The zero-order valence-corrected chi connectivity index (χ0v) is 15.3. The Labute approximate surface area is 157 Å². The summed E-state index contributed by atoms with van der Waals surface area (Å²) >= 11 is 0. The number of nitro benzene ring substituents is 1. The van der Waals surface area contributed by atoms with E-state index in [1.54, 1.807) is 0 Å². The van der Waals surface area contributed by atoms with Gasteiger partial charge < -0.3 is 10.5 Å². The molecule has 0 saturated carbocycles. The van der Waals surface area contributed by atoms with Crippen LogP contribution in [0.4, 0.5) is 5.69 Å². The van der Waals surface area contributed by atoms with E-state index in [0.29, 0.717) is 0 Å². The predicted molar refractivity (Wildman–Crippen MR) is 100 cm³/mol. The molecule has 0 heterocycles. The Kier molecular flexibility index (Phi) is 6.65. The van der Waals surface area contributed by atoms with Gasteiger partial charge in [0.15, 0.2) is 0 Å². The van der Waals surface area contributed by atoms with Crippen molar-refractivity contribution in [3.8, 4) is 0 Å². The van der Waals surface area contributed by atoms with Gasteiger partial charge in [-0.2, -0.15) is 0 Å². The first-order valence-corrected chi connectivity index (χ1v) is 8.63. The van der Waals surface area contributed by atoms with Gasteiger partial charge in [-0.15, -0.1) is 0 Å². The topological polar surface area (TPSA) is 113 Å². The highest BCUT2D eigenvalue weighted by Crippen LogP contribution is 2.29. The van der Waals surface area contributed by atoms with E-state index in [4.69, 9.17) is 10.5 Å². The molecule has 2 rings (SSSR count). The summed E-state index contributed by atoms with van der Waals surface area (Å²) in [5.41, 5.74) is 5.93. The van der Waals surface area contributed by atoms with E-state index in [9.17, 15) is 19.7 Å². The molecule has 2 aromatic rings. The van der Waals surface area contributed by atoms with E-state index in [-0.39, 0.29) is 29.3 Å². The van der Waals surface area contributed by atoms with Gasteiger partial charge >= 0.3 is 5.97 Å². The molecule has 7 heteroatoms. The molecule has 0 aromatic heterocycles. The number of nitrogens with two attached hydrogens (primary N) is 1. The minimum absolute atomic E-state index is 0.0264. The molecule has 0 saturated heterocycles. The van der Waals surface area contributed by atoms with Crippen molar-refractivity contribution in [3.05, 3.63) is 75.3 Å². The van der Waals surface area contributed by atoms with Crippen LogP contribution >= 0.6 is 0 Å². The molecule has 0 spiro atoms. The van der Waals surface area contributed by atoms with Gasteiger partial charge in [0, 0.05) is 11.6 Å². The van der Waals surface area contributed by atoms with Gasteiger partial charge in [-0.25, -0.2) is 0 Å². The van der Waals surface area contributed by atoms with Gasteiger partial charge in [0.2, 0.25) is 5.91 Å². The Morgan fingerprint density at radius 1 is 1.19 bits per heavy atom. The summed E-state index contributed by atoms with van der Waals surface area (Å²) in [6.45, 7) is 3.69. The van der Waals surface area contributed by atoms with Crippen LogP contribution in [0.15, 0.2) is 48.5 Å². The molecular formula is C20H22N2O5. The molecule has 2 aromatic carbocycles. The van der Waals surface area contributed by atoms with Gasteiger partial charge in [-0.3, -0.25) is 19.7 Å². The van der Waals surface area contributed by atoms with E-state index < -0.39 is 22.7 Å². The summed E-state index contributed by atoms with van der Waals surface area (Å²) < 4.78 is 5.40. The summed E-state index contributed by atoms with van der Waals surface area (Å²) in [7, 11) is 0. The number of amides is 1. The maximum atomic E-state index is 12.7. The highest BCUT2D eigenvalue weighted by Gasteiger charge is 2.28. The quantitative estimate of drug-likeness (QED) is 0.434. The smallest absolute Gasteiger partial charge is 0.314 e. The summed E-state index contributed by atoms with van der Waals surface area (Å²) in [6.07, 6.45) is 0.780. The molecule has 0 aliphatic heterocycles. The second kappa shape index (κ2) is 8.93. The number of esters is 1. The summed E-state index contributed by atoms with van der Waals surface area (Å²) in [6, 6.07) is 13.1. The normalized spacial score (nSPS) is 12.8. The van der Waals surface area contributed by atoms with Crippen molar-refractivity contribution in [2.75, 3.05) is 0 Å². The number of rotatable bonds is 8. The molecule has 1 amide bonds. The van der Waals surface area contributed by atoms with Crippen LogP contribution in [0.2, 0.25) is 0 Å². The number of hydrogen-bond donors (Lipinski definition) is 1. The molecule has 0 unspecified atom stereocenters. The Morgan fingerprint density at radius 2 is 1.85 bits per heavy atom. The molecule has 27 heavy (non-hydrogen) atoms. The summed E-state index contributed by atoms with van der Waals surface area (Å²) in [5.74, 6) is -1.61. The predicted octanol–water partition coefficient (Wildman–Crippen LogP) is 3.57. The fourth-order valence-corrected chi connectivity index (χ4v) is 2.84. The molecule has 2 atom stereocenters. The van der Waals surface area contributed by atoms with Gasteiger partial charge in [0.05, 0.1) is 16.4 Å². The fraction of sp³-hybridized carbons (Fsp3) is 0.300. The third-order valence-electron chi connectivity index (χ3n) is 4.56. The van der Waals surface area contributed by atoms with E-state index in [0.717, 1.165) is 18.1 Å². The molecular weight excluding hydrogens is 348 g/mol. The lowest BCUT2D eigenvalue weighted by atomic mass is 9.85. The number of carbonyl (C=O) groups is 2. The van der Waals surface area contributed by atoms with E-state index in [2.05, 4.69) is 0 Å². The Bertz CT molecular complexity index is 836. The Morgan fingerprint density at radius 3 is 2.41 bits per heavy atom. The highest BCUT2D eigenvalue weighted by atomic mass is 16.6. The zero-order valence-electron chi connectivity index (χ0n) is 15.3. The van der Waals surface area contributed by atoms with Crippen molar-refractivity contribution in [2.24, 2.45) is 11.7 Å². The second-order valence-electron chi connectivity index (χ2n) is 6.35. The molecule has 0 radical (unpaired) electrons. The van der Waals surface area contributed by atoms with Gasteiger partial charge in [-0.1, -0.05) is 50.6 Å². The van der Waals surface area contributed by atoms with E-state index in [1.165, 1.54) is 12.1 Å². The second-order valence-corrected chi connectivity index (χ2v) is 6.35. The molecule has 0 aliphatic carbocycles. The lowest BCUT2D eigenvalue weighted by Gasteiger charge is -2.22. The van der Waals surface area contributed by atoms with Crippen LogP contribution in [-0.4, -0.2) is 16.8 Å². The van der Waals surface area contributed by atoms with E-state index in [1.807, 2.05) is 44.2 Å². The minimum atomic E-state index is -0.762. The monoisotopic (exact) mass is 370 g/mol. The molecule has 2 N–H and O–H groups in total. The van der Waals surface area contributed by atoms with Crippen molar-refractivity contribution in [1.82, 2.24) is 0 Å². The molecule has 142 valence electrons. The third-order valence-corrected chi connectivity index (χ3v) is 4.56. The minimum Gasteiger partial charge on any atom is -0.460 e. The average molecular weight is 370 g/mol. The molecule has 0 bridgehead atoms. The number of hydrogen-bond acceptors (Lipinski definition) is 5. The zero-order chi connectivity index (χ0) is 20.0. The summed E-state index contributed by atoms with van der Waals surface area (Å²) in [4.78, 5) is 34.6. The van der Waals surface area contributed by atoms with Crippen LogP contribution in [-0.2, 0) is 16.1 Å². The standard InChI is InChI=1S/C20H22N2O5/c1-3-13(2)18(14-7-5-4-6-8-14)20(24)27-12-16-10-9-15(19(21)23)11-17(16)22(25)26/h4-11,13,18H,3,12H2,1-2H3,(H2,21,23)/t13-,18+/m1/s1. The summed E-state index contributed by atoms with van der Waals surface area (Å²) in [5, 5.41) is 11.3. The van der Waals surface area contributed by atoms with Crippen LogP contribution in [0, 0.1) is 16.0 Å². The number of primary amides is 1. The Hall–Kier alpha value is -3.22. The number of nitrogens with zero attached hydrogens (tertiary/aromatic N) is 1. The average Bonchev–Trinajstić information content (AvgIpc) is 2.66. The van der Waals surface area contributed by atoms with Crippen LogP contribution in [0.3, 0.4) is 0 Å². The van der Waals surface area contributed by atoms with Gasteiger partial charge in [0.25, 0.3) is 5.69 Å². The van der Waals surface area contributed by atoms with Crippen LogP contribution in [0.1, 0.15) is 47.7 Å². The van der Waals surface area contributed by atoms with Gasteiger partial charge in [0.1, 0.15) is 6.61 Å². The van der Waals surface area contributed by atoms with Crippen molar-refractivity contribution in [1.29, 1.82) is 0 Å². The van der Waals surface area contributed by atoms with E-state index >= 15 is 0 Å². The highest BCUT2D eigenvalue weighted by molar-refractivity contribution is 5.93. The van der Waals surface area contributed by atoms with Crippen LogP contribution in [0.25, 0.3) is 0 Å². The lowest BCUT2D eigenvalue weighted by molar-refractivity contribution is -0.385. The third kappa shape index (κ3) is 4.91. The first-order valence-electron chi connectivity index (χ1n) is 8.63. The molecule has 0 aliphatic rings. The van der Waals surface area contributed by atoms with Crippen molar-refractivity contribution < 1.29 is 19.2 Å². The molecule has 0 fully saturated rings. The maximum Gasteiger partial charge on any atom is 0.314 e. The van der Waals surface area contributed by atoms with Crippen LogP contribution in [0.5, 0.6) is 0 Å². The Balaban J connectivity index is 2.22. The SMILES string of the molecule is CC[C@@H](C)[C@H](C(=O)OCc1ccc(C(N)=O)cc1[N+](=O)[O-])c1ccccc1. The van der Waals surface area contributed by atoms with Crippen molar-refractivity contribution in [3.63, 3.8) is 0 Å². The van der Waals surface area contributed by atoms with Crippen LogP contribution < -0.4 is 5.73 Å². The fourth-order valence-electron chi connectivity index (χ4n) is 2.84. The number of nitro groups is 1. The number of ether oxygens (including phenoxy) is 1. The number of carbonyl (C=O) groups excluding carboxylic acids is 2. The largest absolute Gasteiger partial charge is 0.460 e. The first kappa shape index (κ1) is 20.1. The lowest BCUT2D eigenvalue weighted by Crippen LogP contribution is -2.22. The van der Waals surface area contributed by atoms with Crippen molar-refractivity contribution in [2.45, 2.75) is 32.8 Å². The molecule has 7 nitrogen and oxygen atoms in total. The first-order chi connectivity index (χ1) is 12.8.